The minimum atomic E-state index is -0.124. The van der Waals surface area contributed by atoms with Gasteiger partial charge in [-0.2, -0.15) is 0 Å². The maximum absolute atomic E-state index is 13.6. The molecule has 0 spiro atoms. The number of hydrogen-bond donors (Lipinski definition) is 0. The zero-order chi connectivity index (χ0) is 25.1. The van der Waals surface area contributed by atoms with Gasteiger partial charge in [-0.05, 0) is 86.1 Å². The maximum Gasteiger partial charge on any atom is 0.186 e. The first-order chi connectivity index (χ1) is 15.2. The van der Waals surface area contributed by atoms with E-state index in [1.807, 2.05) is 67.5 Å². The van der Waals surface area contributed by atoms with Gasteiger partial charge in [-0.25, -0.2) is 0 Å². The van der Waals surface area contributed by atoms with E-state index < -0.39 is 0 Å². The number of carbonyl (C=O) groups excluding carboxylic acids is 1. The Labute approximate surface area is 220 Å². The number of carbonyl (C=O) groups is 1. The molecule has 4 nitrogen and oxygen atoms in total. The summed E-state index contributed by atoms with van der Waals surface area (Å²) in [6.45, 7) is 22.5. The summed E-state index contributed by atoms with van der Waals surface area (Å²) >= 11 is 0. The van der Waals surface area contributed by atoms with Gasteiger partial charge >= 0.3 is 0 Å². The average molecular weight is 480 g/mol. The quantitative estimate of drug-likeness (QED) is 0.296. The van der Waals surface area contributed by atoms with Gasteiger partial charge < -0.3 is 14.2 Å². The molecular formula is C28H41LiO4P. The van der Waals surface area contributed by atoms with Crippen molar-refractivity contribution in [2.75, 3.05) is 0 Å². The zero-order valence-electron chi connectivity index (χ0n) is 23.2. The Morgan fingerprint density at radius 3 is 1.53 bits per heavy atom. The average Bonchev–Trinajstić information content (AvgIpc) is 2.61. The summed E-state index contributed by atoms with van der Waals surface area (Å²) in [5.74, 6) is 1.97. The van der Waals surface area contributed by atoms with Crippen molar-refractivity contribution in [3.05, 3.63) is 46.5 Å². The van der Waals surface area contributed by atoms with E-state index in [0.29, 0.717) is 17.2 Å². The van der Waals surface area contributed by atoms with Crippen molar-refractivity contribution in [2.24, 2.45) is 0 Å². The van der Waals surface area contributed by atoms with E-state index in [-0.39, 0.29) is 56.7 Å². The number of ether oxygens (including phenoxy) is 3. The summed E-state index contributed by atoms with van der Waals surface area (Å²) in [4.78, 5) is 13.6. The fourth-order valence-corrected chi connectivity index (χ4v) is 4.91. The summed E-state index contributed by atoms with van der Waals surface area (Å²) in [5, 5.41) is 0.789. The number of aryl methyl sites for hydroxylation is 2. The van der Waals surface area contributed by atoms with Gasteiger partial charge in [0.25, 0.3) is 0 Å². The maximum atomic E-state index is 13.6. The topological polar surface area (TPSA) is 44.8 Å². The molecule has 0 aliphatic heterocycles. The van der Waals surface area contributed by atoms with Gasteiger partial charge in [-0.3, -0.25) is 4.79 Å². The molecular weight excluding hydrogens is 438 g/mol. The van der Waals surface area contributed by atoms with Crippen LogP contribution in [-0.2, 0) is 5.41 Å². The third-order valence-corrected chi connectivity index (χ3v) is 6.22. The Kier molecular flexibility index (Phi) is 11.2. The van der Waals surface area contributed by atoms with Crippen LogP contribution < -0.4 is 19.5 Å². The predicted octanol–water partition coefficient (Wildman–Crippen LogP) is 6.73. The van der Waals surface area contributed by atoms with Crippen LogP contribution in [0.15, 0.2) is 24.3 Å². The third-order valence-electron chi connectivity index (χ3n) is 5.00. The van der Waals surface area contributed by atoms with E-state index >= 15 is 0 Å². The van der Waals surface area contributed by atoms with Crippen molar-refractivity contribution in [1.82, 2.24) is 0 Å². The van der Waals surface area contributed by atoms with E-state index in [1.165, 1.54) is 5.56 Å². The molecule has 0 aromatic heterocycles. The van der Waals surface area contributed by atoms with Crippen LogP contribution in [0.3, 0.4) is 0 Å². The minimum Gasteiger partial charge on any atom is -0.491 e. The van der Waals surface area contributed by atoms with Gasteiger partial charge in [-0.15, -0.1) is 0 Å². The molecule has 0 heterocycles. The minimum absolute atomic E-state index is 0. The molecule has 2 rings (SSSR count). The van der Waals surface area contributed by atoms with Crippen molar-refractivity contribution in [2.45, 2.75) is 99.9 Å². The largest absolute Gasteiger partial charge is 0.491 e. The van der Waals surface area contributed by atoms with Crippen LogP contribution >= 0.6 is 8.58 Å². The fourth-order valence-electron chi connectivity index (χ4n) is 3.65. The van der Waals surface area contributed by atoms with Gasteiger partial charge in [0, 0.05) is 36.6 Å². The van der Waals surface area contributed by atoms with Crippen LogP contribution in [0.5, 0.6) is 17.2 Å². The molecule has 6 heteroatoms. The Balaban J connectivity index is 0.00000578. The van der Waals surface area contributed by atoms with Gasteiger partial charge in [0.1, 0.15) is 17.2 Å². The SMILES string of the molecule is Cc1cc(C(C)(C)C)cc(C)c1C(=O)Pc1c(OC(C)C)cc(OC(C)C)cc1OC(C)C.[Li]. The van der Waals surface area contributed by atoms with Crippen LogP contribution in [-0.4, -0.2) is 42.7 Å². The monoisotopic (exact) mass is 479 g/mol. The van der Waals surface area contributed by atoms with Crippen LogP contribution in [0.1, 0.15) is 89.4 Å². The Morgan fingerprint density at radius 1 is 0.765 bits per heavy atom. The second-order valence-corrected chi connectivity index (χ2v) is 11.7. The van der Waals surface area contributed by atoms with Gasteiger partial charge in [0.2, 0.25) is 0 Å². The van der Waals surface area contributed by atoms with Crippen molar-refractivity contribution >= 4 is 38.3 Å². The molecule has 183 valence electrons. The van der Waals surface area contributed by atoms with Gasteiger partial charge in [0.15, 0.2) is 5.52 Å². The molecule has 0 aliphatic carbocycles. The molecule has 0 fully saturated rings. The van der Waals surface area contributed by atoms with E-state index in [4.69, 9.17) is 14.2 Å². The van der Waals surface area contributed by atoms with Crippen LogP contribution in [0, 0.1) is 13.8 Å². The molecule has 1 atom stereocenters. The second kappa shape index (κ2) is 12.5. The van der Waals surface area contributed by atoms with Crippen LogP contribution in [0.2, 0.25) is 0 Å². The number of rotatable bonds is 9. The smallest absolute Gasteiger partial charge is 0.186 e. The Hall–Kier alpha value is -1.46. The zero-order valence-corrected chi connectivity index (χ0v) is 24.2. The summed E-state index contributed by atoms with van der Waals surface area (Å²) in [6.07, 6.45) is -0.0656. The predicted molar refractivity (Wildman–Crippen MR) is 146 cm³/mol. The van der Waals surface area contributed by atoms with Crippen molar-refractivity contribution in [1.29, 1.82) is 0 Å². The van der Waals surface area contributed by atoms with Gasteiger partial charge in [0.05, 0.1) is 23.6 Å². The van der Waals surface area contributed by atoms with Crippen molar-refractivity contribution in [3.63, 3.8) is 0 Å². The molecule has 0 saturated heterocycles. The first kappa shape index (κ1) is 30.6. The van der Waals surface area contributed by atoms with Crippen molar-refractivity contribution < 1.29 is 19.0 Å². The first-order valence-electron chi connectivity index (χ1n) is 11.8. The number of hydrogen-bond acceptors (Lipinski definition) is 4. The molecule has 1 radical (unpaired) electrons. The molecule has 1 unspecified atom stereocenters. The van der Waals surface area contributed by atoms with Gasteiger partial charge in [-0.1, -0.05) is 32.9 Å². The molecule has 0 amide bonds. The standard InChI is InChI=1S/C28H41O4P.Li/c1-16(2)30-22-14-23(31-17(3)4)26(24(15-22)32-18(5)6)33-27(29)25-19(7)12-21(13-20(25)8)28(9,10)11;/h12-18,33H,1-11H3;. The first-order valence-corrected chi connectivity index (χ1v) is 12.8. The summed E-state index contributed by atoms with van der Waals surface area (Å²) in [7, 11) is -0.124. The van der Waals surface area contributed by atoms with Crippen molar-refractivity contribution in [3.8, 4) is 17.2 Å². The second-order valence-electron chi connectivity index (χ2n) is 10.5. The Morgan fingerprint density at radius 2 is 1.18 bits per heavy atom. The van der Waals surface area contributed by atoms with E-state index in [1.54, 1.807) is 0 Å². The van der Waals surface area contributed by atoms with Crippen LogP contribution in [0.25, 0.3) is 0 Å². The molecule has 0 bridgehead atoms. The third kappa shape index (κ3) is 8.33. The summed E-state index contributed by atoms with van der Waals surface area (Å²) in [5.41, 5.74) is 4.16. The molecule has 34 heavy (non-hydrogen) atoms. The molecule has 2 aromatic rings. The Bertz CT molecular complexity index is 936. The normalized spacial score (nSPS) is 11.9. The fraction of sp³-hybridized carbons (Fsp3) is 0.536. The molecule has 2 aromatic carbocycles. The van der Waals surface area contributed by atoms with E-state index in [0.717, 1.165) is 22.0 Å². The van der Waals surface area contributed by atoms with E-state index in [9.17, 15) is 4.79 Å². The molecule has 0 aliphatic rings. The molecule has 0 saturated carbocycles. The summed E-state index contributed by atoms with van der Waals surface area (Å²) < 4.78 is 18.2. The summed E-state index contributed by atoms with van der Waals surface area (Å²) in [6, 6.07) is 8.04. The molecule has 0 N–H and O–H groups in total. The number of benzene rings is 2. The van der Waals surface area contributed by atoms with E-state index in [2.05, 4.69) is 32.9 Å². The van der Waals surface area contributed by atoms with Crippen LogP contribution in [0.4, 0.5) is 0 Å².